The van der Waals surface area contributed by atoms with Crippen LogP contribution >= 0.6 is 11.6 Å². The van der Waals surface area contributed by atoms with Crippen molar-refractivity contribution in [1.29, 1.82) is 0 Å². The average Bonchev–Trinajstić information content (AvgIpc) is 2.76. The Labute approximate surface area is 214 Å². The number of amides is 2. The summed E-state index contributed by atoms with van der Waals surface area (Å²) in [6.07, 6.45) is -10.6. The maximum absolute atomic E-state index is 13.3. The van der Waals surface area contributed by atoms with Crippen molar-refractivity contribution in [1.82, 2.24) is 10.2 Å². The summed E-state index contributed by atoms with van der Waals surface area (Å²) < 4.78 is 84.9. The first-order chi connectivity index (χ1) is 16.9. The minimum absolute atomic E-state index is 0.0368. The number of nitrogens with zero attached hydrogens (tertiary/aromatic N) is 1. The van der Waals surface area contributed by atoms with E-state index in [1.54, 1.807) is 45.0 Å². The van der Waals surface area contributed by atoms with Crippen LogP contribution in [-0.2, 0) is 17.1 Å². The number of likely N-dealkylation sites (tertiary alicyclic amines) is 1. The number of carbonyl (C=O) groups excluding carboxylic acids is 2. The fourth-order valence-corrected chi connectivity index (χ4v) is 4.23. The number of alkyl halides is 6. The summed E-state index contributed by atoms with van der Waals surface area (Å²) in [6.45, 7) is 5.34. The van der Waals surface area contributed by atoms with Crippen LogP contribution in [0.1, 0.15) is 60.2 Å². The first-order valence-electron chi connectivity index (χ1n) is 11.3. The molecule has 0 saturated carbocycles. The summed E-state index contributed by atoms with van der Waals surface area (Å²) in [6, 6.07) is 6.62. The Balaban J connectivity index is 1.92. The SMILES string of the molecule is CC(C)(C)OC(=O)N1CCC(NC(=O)c2cc(C(F)(F)F)cc(C(F)(F)F)c2)C(c2cccc(Cl)c2)C1. The van der Waals surface area contributed by atoms with Gasteiger partial charge in [0.05, 0.1) is 11.1 Å². The Bertz CT molecular complexity index is 1130. The predicted octanol–water partition coefficient (Wildman–Crippen LogP) is 6.90. The molecule has 1 N–H and O–H groups in total. The van der Waals surface area contributed by atoms with Gasteiger partial charge in [-0.05, 0) is 63.1 Å². The van der Waals surface area contributed by atoms with Gasteiger partial charge in [0.25, 0.3) is 5.91 Å². The Kier molecular flexibility index (Phi) is 8.07. The van der Waals surface area contributed by atoms with Gasteiger partial charge in [0.15, 0.2) is 0 Å². The highest BCUT2D eigenvalue weighted by molar-refractivity contribution is 6.30. The molecule has 1 saturated heterocycles. The van der Waals surface area contributed by atoms with E-state index in [0.29, 0.717) is 22.7 Å². The lowest BCUT2D eigenvalue weighted by Crippen LogP contribution is -2.52. The third-order valence-electron chi connectivity index (χ3n) is 5.71. The number of nitrogens with one attached hydrogen (secondary N) is 1. The Morgan fingerprint density at radius 1 is 0.973 bits per heavy atom. The third-order valence-corrected chi connectivity index (χ3v) is 5.94. The van der Waals surface area contributed by atoms with E-state index < -0.39 is 58.6 Å². The van der Waals surface area contributed by atoms with Crippen molar-refractivity contribution in [2.75, 3.05) is 13.1 Å². The zero-order chi connectivity index (χ0) is 27.8. The molecule has 1 aliphatic rings. The summed E-state index contributed by atoms with van der Waals surface area (Å²) in [5, 5.41) is 2.95. The fourth-order valence-electron chi connectivity index (χ4n) is 4.03. The second-order valence-electron chi connectivity index (χ2n) is 9.75. The number of halogens is 7. The molecule has 12 heteroatoms. The van der Waals surface area contributed by atoms with Gasteiger partial charge in [0.2, 0.25) is 0 Å². The lowest BCUT2D eigenvalue weighted by atomic mass is 9.85. The molecule has 3 rings (SSSR count). The van der Waals surface area contributed by atoms with Crippen LogP contribution < -0.4 is 5.32 Å². The molecule has 202 valence electrons. The second kappa shape index (κ2) is 10.4. The zero-order valence-corrected chi connectivity index (χ0v) is 20.9. The van der Waals surface area contributed by atoms with Gasteiger partial charge in [-0.1, -0.05) is 23.7 Å². The predicted molar refractivity (Wildman–Crippen MR) is 124 cm³/mol. The monoisotopic (exact) mass is 550 g/mol. The molecule has 5 nitrogen and oxygen atoms in total. The molecule has 2 unspecified atom stereocenters. The average molecular weight is 551 g/mol. The van der Waals surface area contributed by atoms with E-state index in [1.807, 2.05) is 0 Å². The summed E-state index contributed by atoms with van der Waals surface area (Å²) in [4.78, 5) is 27.0. The van der Waals surface area contributed by atoms with Crippen molar-refractivity contribution in [3.63, 3.8) is 0 Å². The van der Waals surface area contributed by atoms with Gasteiger partial charge in [-0.3, -0.25) is 4.79 Å². The van der Waals surface area contributed by atoms with Gasteiger partial charge in [-0.25, -0.2) is 4.79 Å². The molecule has 0 aromatic heterocycles. The molecule has 1 heterocycles. The van der Waals surface area contributed by atoms with Gasteiger partial charge < -0.3 is 15.0 Å². The van der Waals surface area contributed by atoms with E-state index in [2.05, 4.69) is 5.32 Å². The molecule has 37 heavy (non-hydrogen) atoms. The highest BCUT2D eigenvalue weighted by Gasteiger charge is 2.39. The lowest BCUT2D eigenvalue weighted by Gasteiger charge is -2.39. The quantitative estimate of drug-likeness (QED) is 0.423. The van der Waals surface area contributed by atoms with E-state index in [-0.39, 0.29) is 25.6 Å². The van der Waals surface area contributed by atoms with Crippen molar-refractivity contribution in [2.24, 2.45) is 0 Å². The van der Waals surface area contributed by atoms with E-state index in [4.69, 9.17) is 16.3 Å². The van der Waals surface area contributed by atoms with Crippen LogP contribution in [0.4, 0.5) is 31.1 Å². The molecule has 2 aromatic carbocycles. The van der Waals surface area contributed by atoms with E-state index in [0.717, 1.165) is 0 Å². The van der Waals surface area contributed by atoms with Gasteiger partial charge in [-0.2, -0.15) is 26.3 Å². The molecular weight excluding hydrogens is 526 g/mol. The normalized spacial score (nSPS) is 18.9. The molecule has 2 amide bonds. The molecule has 0 radical (unpaired) electrons. The minimum Gasteiger partial charge on any atom is -0.444 e. The number of hydrogen-bond acceptors (Lipinski definition) is 3. The summed E-state index contributed by atoms with van der Waals surface area (Å²) in [5.41, 5.74) is -4.07. The van der Waals surface area contributed by atoms with Crippen molar-refractivity contribution >= 4 is 23.6 Å². The summed E-state index contributed by atoms with van der Waals surface area (Å²) in [7, 11) is 0. The number of benzene rings is 2. The van der Waals surface area contributed by atoms with Gasteiger partial charge >= 0.3 is 18.4 Å². The number of ether oxygens (including phenoxy) is 1. The largest absolute Gasteiger partial charge is 0.444 e. The number of carbonyl (C=O) groups is 2. The van der Waals surface area contributed by atoms with Crippen LogP contribution in [0.15, 0.2) is 42.5 Å². The van der Waals surface area contributed by atoms with E-state index in [1.165, 1.54) is 4.90 Å². The van der Waals surface area contributed by atoms with Gasteiger partial charge in [0.1, 0.15) is 5.60 Å². The van der Waals surface area contributed by atoms with Crippen LogP contribution in [0.3, 0.4) is 0 Å². The second-order valence-corrected chi connectivity index (χ2v) is 10.2. The Morgan fingerprint density at radius 3 is 2.08 bits per heavy atom. The molecule has 1 aliphatic heterocycles. The van der Waals surface area contributed by atoms with Gasteiger partial charge in [0, 0.05) is 35.6 Å². The highest BCUT2D eigenvalue weighted by atomic mass is 35.5. The van der Waals surface area contributed by atoms with Crippen LogP contribution in [0, 0.1) is 0 Å². The number of rotatable bonds is 3. The van der Waals surface area contributed by atoms with E-state index >= 15 is 0 Å². The maximum atomic E-state index is 13.3. The smallest absolute Gasteiger partial charge is 0.416 e. The minimum atomic E-state index is -5.08. The van der Waals surface area contributed by atoms with Crippen LogP contribution in [-0.4, -0.2) is 41.6 Å². The summed E-state index contributed by atoms with van der Waals surface area (Å²) in [5.74, 6) is -1.66. The van der Waals surface area contributed by atoms with Crippen molar-refractivity contribution in [3.05, 3.63) is 69.7 Å². The Hall–Kier alpha value is -2.95. The third kappa shape index (κ3) is 7.53. The van der Waals surface area contributed by atoms with E-state index in [9.17, 15) is 35.9 Å². The molecule has 2 atom stereocenters. The molecule has 2 aromatic rings. The lowest BCUT2D eigenvalue weighted by molar-refractivity contribution is -0.143. The van der Waals surface area contributed by atoms with Gasteiger partial charge in [-0.15, -0.1) is 0 Å². The molecule has 0 bridgehead atoms. The zero-order valence-electron chi connectivity index (χ0n) is 20.1. The molecule has 1 fully saturated rings. The molecule has 0 aliphatic carbocycles. The van der Waals surface area contributed by atoms with Crippen molar-refractivity contribution in [2.45, 2.75) is 57.1 Å². The number of hydrogen-bond donors (Lipinski definition) is 1. The topological polar surface area (TPSA) is 58.6 Å². The van der Waals surface area contributed by atoms with Crippen molar-refractivity contribution < 1.29 is 40.7 Å². The fraction of sp³-hybridized carbons (Fsp3) is 0.440. The Morgan fingerprint density at radius 2 is 1.57 bits per heavy atom. The first kappa shape index (κ1) is 28.6. The maximum Gasteiger partial charge on any atom is 0.416 e. The number of piperidine rings is 1. The summed E-state index contributed by atoms with van der Waals surface area (Å²) >= 11 is 6.11. The van der Waals surface area contributed by atoms with Crippen LogP contribution in [0.25, 0.3) is 0 Å². The standard InChI is InChI=1S/C25H25ClF6N2O3/c1-23(2,3)37-22(36)34-8-7-20(19(13-34)14-5-4-6-18(26)11-14)33-21(35)15-9-16(24(27,28)29)12-17(10-15)25(30,31)32/h4-6,9-12,19-20H,7-8,13H2,1-3H3,(H,33,35). The van der Waals surface area contributed by atoms with Crippen LogP contribution in [0.5, 0.6) is 0 Å². The highest BCUT2D eigenvalue weighted by Crippen LogP contribution is 2.37. The first-order valence-corrected chi connectivity index (χ1v) is 11.7. The molecule has 0 spiro atoms. The molecular formula is C25H25ClF6N2O3. The van der Waals surface area contributed by atoms with Crippen molar-refractivity contribution in [3.8, 4) is 0 Å². The van der Waals surface area contributed by atoms with Crippen LogP contribution in [0.2, 0.25) is 5.02 Å².